The molecule has 0 N–H and O–H groups in total. The summed E-state index contributed by atoms with van der Waals surface area (Å²) in [5.41, 5.74) is 1.22. The van der Waals surface area contributed by atoms with E-state index in [1.54, 1.807) is 12.1 Å². The van der Waals surface area contributed by atoms with Crippen LogP contribution in [0.2, 0.25) is 0 Å². The van der Waals surface area contributed by atoms with E-state index >= 15 is 0 Å². The van der Waals surface area contributed by atoms with Gasteiger partial charge in [0.25, 0.3) is 0 Å². The van der Waals surface area contributed by atoms with Gasteiger partial charge in [0.1, 0.15) is 11.6 Å². The smallest absolute Gasteiger partial charge is 0.185 e. The fourth-order valence-corrected chi connectivity index (χ4v) is 1.84. The molecule has 0 atom stereocenters. The van der Waals surface area contributed by atoms with E-state index in [1.165, 1.54) is 24.3 Å². The van der Waals surface area contributed by atoms with Crippen molar-refractivity contribution in [2.75, 3.05) is 0 Å². The maximum atomic E-state index is 13.0. The van der Waals surface area contributed by atoms with Crippen LogP contribution < -0.4 is 4.74 Å². The predicted octanol–water partition coefficient (Wildman–Crippen LogP) is 4.51. The van der Waals surface area contributed by atoms with Crippen LogP contribution in [-0.4, -0.2) is 11.9 Å². The van der Waals surface area contributed by atoms with Crippen molar-refractivity contribution in [3.63, 3.8) is 0 Å². The Hall–Kier alpha value is -2.42. The summed E-state index contributed by atoms with van der Waals surface area (Å²) in [6, 6.07) is 13.1. The Morgan fingerprint density at radius 1 is 1.14 bits per heavy atom. The van der Waals surface area contributed by atoms with E-state index in [1.807, 2.05) is 38.1 Å². The van der Waals surface area contributed by atoms with Gasteiger partial charge in [0.05, 0.1) is 6.10 Å². The van der Waals surface area contributed by atoms with Crippen molar-refractivity contribution >= 4 is 11.9 Å². The maximum Gasteiger partial charge on any atom is 0.185 e. The Bertz CT molecular complexity index is 643. The van der Waals surface area contributed by atoms with Crippen LogP contribution in [0, 0.1) is 5.82 Å². The number of halogens is 1. The van der Waals surface area contributed by atoms with Gasteiger partial charge in [-0.05, 0) is 49.8 Å². The summed E-state index contributed by atoms with van der Waals surface area (Å²) in [6.45, 7) is 3.93. The van der Waals surface area contributed by atoms with E-state index < -0.39 is 5.82 Å². The fourth-order valence-electron chi connectivity index (χ4n) is 1.84. The van der Waals surface area contributed by atoms with Crippen molar-refractivity contribution in [2.45, 2.75) is 20.0 Å². The number of benzene rings is 2. The molecule has 0 saturated heterocycles. The molecule has 0 fully saturated rings. The zero-order chi connectivity index (χ0) is 15.2. The van der Waals surface area contributed by atoms with Crippen LogP contribution in [0.15, 0.2) is 54.6 Å². The number of allylic oxidation sites excluding steroid dienone is 1. The topological polar surface area (TPSA) is 26.3 Å². The Balaban J connectivity index is 2.05. The minimum atomic E-state index is -0.413. The van der Waals surface area contributed by atoms with Crippen LogP contribution in [0.1, 0.15) is 29.8 Å². The molecular formula is C18H17FO2. The molecule has 0 saturated carbocycles. The Morgan fingerprint density at radius 2 is 1.86 bits per heavy atom. The minimum Gasteiger partial charge on any atom is -0.491 e. The molecule has 0 aliphatic heterocycles. The molecule has 0 spiro atoms. The number of ether oxygens (including phenoxy) is 1. The Labute approximate surface area is 123 Å². The van der Waals surface area contributed by atoms with Gasteiger partial charge < -0.3 is 4.74 Å². The van der Waals surface area contributed by atoms with Gasteiger partial charge in [-0.15, -0.1) is 0 Å². The lowest BCUT2D eigenvalue weighted by Crippen LogP contribution is -2.05. The van der Waals surface area contributed by atoms with Gasteiger partial charge in [-0.25, -0.2) is 4.39 Å². The normalized spacial score (nSPS) is 11.0. The molecule has 0 unspecified atom stereocenters. The zero-order valence-corrected chi connectivity index (χ0v) is 12.0. The van der Waals surface area contributed by atoms with Gasteiger partial charge in [0.2, 0.25) is 0 Å². The highest BCUT2D eigenvalue weighted by Crippen LogP contribution is 2.15. The van der Waals surface area contributed by atoms with E-state index in [-0.39, 0.29) is 11.9 Å². The molecule has 2 aromatic rings. The first-order valence-electron chi connectivity index (χ1n) is 6.79. The highest BCUT2D eigenvalue weighted by molar-refractivity contribution is 6.06. The number of carbonyl (C=O) groups is 1. The quantitative estimate of drug-likeness (QED) is 0.596. The lowest BCUT2D eigenvalue weighted by atomic mass is 10.1. The zero-order valence-electron chi connectivity index (χ0n) is 12.0. The molecular weight excluding hydrogens is 267 g/mol. The first kappa shape index (κ1) is 15.0. The van der Waals surface area contributed by atoms with Gasteiger partial charge in [0, 0.05) is 5.56 Å². The number of hydrogen-bond acceptors (Lipinski definition) is 2. The van der Waals surface area contributed by atoms with Crippen molar-refractivity contribution < 1.29 is 13.9 Å². The predicted molar refractivity (Wildman–Crippen MR) is 82.0 cm³/mol. The number of rotatable bonds is 5. The highest BCUT2D eigenvalue weighted by Gasteiger charge is 2.02. The molecule has 2 rings (SSSR count). The van der Waals surface area contributed by atoms with Crippen LogP contribution in [0.25, 0.3) is 6.08 Å². The SMILES string of the molecule is CC(C)Oc1ccc(/C=C/C(=O)c2cccc(F)c2)cc1. The molecule has 0 aliphatic carbocycles. The summed E-state index contributed by atoms with van der Waals surface area (Å²) < 4.78 is 18.6. The lowest BCUT2D eigenvalue weighted by Gasteiger charge is -2.09. The molecule has 0 bridgehead atoms. The highest BCUT2D eigenvalue weighted by atomic mass is 19.1. The van der Waals surface area contributed by atoms with Crippen molar-refractivity contribution in [2.24, 2.45) is 0 Å². The summed E-state index contributed by atoms with van der Waals surface area (Å²) in [5, 5.41) is 0. The van der Waals surface area contributed by atoms with Crippen LogP contribution in [-0.2, 0) is 0 Å². The second-order valence-corrected chi connectivity index (χ2v) is 4.94. The lowest BCUT2D eigenvalue weighted by molar-refractivity contribution is 0.104. The number of hydrogen-bond donors (Lipinski definition) is 0. The average molecular weight is 284 g/mol. The first-order chi connectivity index (χ1) is 10.0. The summed E-state index contributed by atoms with van der Waals surface area (Å²) in [7, 11) is 0. The van der Waals surface area contributed by atoms with Crippen LogP contribution in [0.4, 0.5) is 4.39 Å². The van der Waals surface area contributed by atoms with Crippen molar-refractivity contribution in [3.8, 4) is 5.75 Å². The third kappa shape index (κ3) is 4.56. The maximum absolute atomic E-state index is 13.0. The molecule has 0 radical (unpaired) electrons. The Kier molecular flexibility index (Phi) is 4.88. The molecule has 0 aliphatic rings. The van der Waals surface area contributed by atoms with Crippen LogP contribution in [0.5, 0.6) is 5.75 Å². The Morgan fingerprint density at radius 3 is 2.48 bits per heavy atom. The van der Waals surface area contributed by atoms with Crippen molar-refractivity contribution in [1.82, 2.24) is 0 Å². The fraction of sp³-hybridized carbons (Fsp3) is 0.167. The monoisotopic (exact) mass is 284 g/mol. The summed E-state index contributed by atoms with van der Waals surface area (Å²) in [6.07, 6.45) is 3.26. The minimum absolute atomic E-state index is 0.126. The number of carbonyl (C=O) groups excluding carboxylic acids is 1. The molecule has 0 heterocycles. The average Bonchev–Trinajstić information content (AvgIpc) is 2.45. The van der Waals surface area contributed by atoms with E-state index in [0.29, 0.717) is 5.56 Å². The van der Waals surface area contributed by atoms with Crippen LogP contribution >= 0.6 is 0 Å². The van der Waals surface area contributed by atoms with E-state index in [9.17, 15) is 9.18 Å². The number of ketones is 1. The molecule has 2 aromatic carbocycles. The molecule has 3 heteroatoms. The van der Waals surface area contributed by atoms with Gasteiger partial charge in [-0.1, -0.05) is 30.3 Å². The van der Waals surface area contributed by atoms with Gasteiger partial charge in [0.15, 0.2) is 5.78 Å². The largest absolute Gasteiger partial charge is 0.491 e. The summed E-state index contributed by atoms with van der Waals surface area (Å²) >= 11 is 0. The molecule has 0 aromatic heterocycles. The molecule has 108 valence electrons. The first-order valence-corrected chi connectivity index (χ1v) is 6.79. The second kappa shape index (κ2) is 6.84. The van der Waals surface area contributed by atoms with Gasteiger partial charge in [-0.3, -0.25) is 4.79 Å². The van der Waals surface area contributed by atoms with Gasteiger partial charge in [-0.2, -0.15) is 0 Å². The molecule has 2 nitrogen and oxygen atoms in total. The molecule has 0 amide bonds. The standard InChI is InChI=1S/C18H17FO2/c1-13(2)21-17-9-6-14(7-10-17)8-11-18(20)15-4-3-5-16(19)12-15/h3-13H,1-2H3/b11-8+. The summed E-state index contributed by atoms with van der Waals surface area (Å²) in [4.78, 5) is 11.9. The van der Waals surface area contributed by atoms with E-state index in [4.69, 9.17) is 4.74 Å². The van der Waals surface area contributed by atoms with E-state index in [0.717, 1.165) is 11.3 Å². The van der Waals surface area contributed by atoms with Crippen LogP contribution in [0.3, 0.4) is 0 Å². The van der Waals surface area contributed by atoms with Gasteiger partial charge >= 0.3 is 0 Å². The third-order valence-electron chi connectivity index (χ3n) is 2.79. The van der Waals surface area contributed by atoms with E-state index in [2.05, 4.69) is 0 Å². The summed E-state index contributed by atoms with van der Waals surface area (Å²) in [5.74, 6) is 0.153. The van der Waals surface area contributed by atoms with Crippen molar-refractivity contribution in [3.05, 3.63) is 71.6 Å². The molecule has 21 heavy (non-hydrogen) atoms. The van der Waals surface area contributed by atoms with Crippen molar-refractivity contribution in [1.29, 1.82) is 0 Å². The third-order valence-corrected chi connectivity index (χ3v) is 2.79. The second-order valence-electron chi connectivity index (χ2n) is 4.94.